The molecule has 10 saturated heterocycles. The van der Waals surface area contributed by atoms with Crippen molar-refractivity contribution in [3.63, 3.8) is 0 Å². The molecule has 0 radical (unpaired) electrons. The average Bonchev–Trinajstić information content (AvgIpc) is 0.720. The van der Waals surface area contributed by atoms with Crippen LogP contribution >= 0.6 is 0 Å². The van der Waals surface area contributed by atoms with E-state index in [1.165, 1.54) is 0 Å². The van der Waals surface area contributed by atoms with Gasteiger partial charge >= 0.3 is 5.97 Å². The third kappa shape index (κ3) is 22.3. The van der Waals surface area contributed by atoms with Crippen molar-refractivity contribution in [1.29, 1.82) is 0 Å². The molecule has 57 heteroatoms. The fourth-order valence-corrected chi connectivity index (χ4v) is 16.3. The average molecular weight is 1850 g/mol. The van der Waals surface area contributed by atoms with Crippen LogP contribution in [0.4, 0.5) is 0 Å². The first kappa shape index (κ1) is 104. The zero-order chi connectivity index (χ0) is 93.0. The van der Waals surface area contributed by atoms with Gasteiger partial charge < -0.3 is 264 Å². The maximum Gasteiger partial charge on any atom is 0.364 e. The summed E-state index contributed by atoms with van der Waals surface area (Å²) < 4.78 is 110. The third-order valence-corrected chi connectivity index (χ3v) is 23.0. The van der Waals surface area contributed by atoms with Gasteiger partial charge in [0.2, 0.25) is 17.7 Å². The topological polar surface area (TPSA) is 907 Å². The Labute approximate surface area is 711 Å². The Balaban J connectivity index is 0.927. The number of carbonyl (C=O) groups excluding carboxylic acids is 3. The predicted octanol–water partition coefficient (Wildman–Crippen LogP) is -23.2. The fraction of sp³-hybridized carbons (Fsp3) is 0.942. The molecule has 126 heavy (non-hydrogen) atoms. The second-order valence-corrected chi connectivity index (χ2v) is 31.7. The number of ether oxygens (including phenoxy) is 19. The maximum atomic E-state index is 13.2. The zero-order valence-electron chi connectivity index (χ0n) is 66.9. The smallest absolute Gasteiger partial charge is 0.364 e. The Hall–Kier alpha value is -4.08. The van der Waals surface area contributed by atoms with E-state index in [1.54, 1.807) is 0 Å². The molecule has 10 aliphatic rings. The number of aliphatic hydroxyl groups is 30. The van der Waals surface area contributed by atoms with Crippen LogP contribution in [0.1, 0.15) is 27.2 Å². The molecule has 0 aliphatic carbocycles. The van der Waals surface area contributed by atoms with Crippen LogP contribution < -0.4 is 16.0 Å². The summed E-state index contributed by atoms with van der Waals surface area (Å²) in [5, 5.41) is 350. The number of carboxylic acids is 1. The minimum absolute atomic E-state index is 0.889. The van der Waals surface area contributed by atoms with Gasteiger partial charge in [0.1, 0.15) is 238 Å². The highest BCUT2D eigenvalue weighted by Crippen LogP contribution is 2.43. The van der Waals surface area contributed by atoms with E-state index in [1.807, 2.05) is 0 Å². The molecular formula is C69H115N3O54. The molecule has 10 aliphatic heterocycles. The van der Waals surface area contributed by atoms with Crippen LogP contribution in [0.3, 0.4) is 0 Å². The van der Waals surface area contributed by atoms with Crippen molar-refractivity contribution < 1.29 is 267 Å². The van der Waals surface area contributed by atoms with E-state index in [-0.39, 0.29) is 0 Å². The number of carboxylic acid groups (broad SMARTS) is 1. The molecule has 34 N–H and O–H groups in total. The molecule has 0 unspecified atom stereocenters. The largest absolute Gasteiger partial charge is 0.477 e. The molecule has 57 nitrogen and oxygen atoms in total. The number of amides is 3. The Bertz CT molecular complexity index is 3420. The summed E-state index contributed by atoms with van der Waals surface area (Å²) in [6.07, 6.45) is -103. The van der Waals surface area contributed by atoms with E-state index >= 15 is 0 Å². The number of hydrogen-bond acceptors (Lipinski definition) is 53. The molecule has 0 saturated carbocycles. The first-order valence-electron chi connectivity index (χ1n) is 39.8. The van der Waals surface area contributed by atoms with Crippen molar-refractivity contribution in [2.45, 2.75) is 340 Å². The predicted molar refractivity (Wildman–Crippen MR) is 382 cm³/mol. The third-order valence-electron chi connectivity index (χ3n) is 23.0. The van der Waals surface area contributed by atoms with Crippen molar-refractivity contribution in [3.05, 3.63) is 0 Å². The highest BCUT2D eigenvalue weighted by Gasteiger charge is 2.64. The fourth-order valence-electron chi connectivity index (χ4n) is 16.3. The van der Waals surface area contributed by atoms with Gasteiger partial charge in [0, 0.05) is 27.2 Å². The van der Waals surface area contributed by atoms with Crippen molar-refractivity contribution in [2.24, 2.45) is 0 Å². The van der Waals surface area contributed by atoms with Gasteiger partial charge in [-0.05, 0) is 0 Å². The van der Waals surface area contributed by atoms with E-state index in [2.05, 4.69) is 16.0 Å². The van der Waals surface area contributed by atoms with E-state index in [9.17, 15) is 177 Å². The molecule has 51 atom stereocenters. The van der Waals surface area contributed by atoms with Crippen molar-refractivity contribution >= 4 is 23.7 Å². The molecular weight excluding hydrogens is 1730 g/mol. The summed E-state index contributed by atoms with van der Waals surface area (Å²) in [5.41, 5.74) is 0. The molecule has 0 bridgehead atoms. The molecule has 10 heterocycles. The highest BCUT2D eigenvalue weighted by molar-refractivity contribution is 5.77. The van der Waals surface area contributed by atoms with Crippen LogP contribution in [-0.4, -0.2) is 561 Å². The Morgan fingerprint density at radius 1 is 0.325 bits per heavy atom. The normalized spacial score (nSPS) is 49.1. The lowest BCUT2D eigenvalue weighted by Gasteiger charge is -2.51. The molecule has 10 fully saturated rings. The standard InChI is InChI=1S/C69H115N3O54/c1-15(82)70-29-18(85)4-69(68(106)107,125-54(29)32(87)19(86)5-73)126-58-36(91)23(9-77)113-67(49(58)104)121-53-27(13-81)116-63(45(100)42(53)97)124-57-37(92)28(14-108-60-30(71-16(2)83)38(93)50(25(11-79)114-60)118-64-47(102)56(35(90)22(8-76)111-64)123-62-44(99)40(95)33(88)20(6-74)110-62)117-66(48(57)103)119-51-26(12-80)115-61(31(39(51)94)72-17(3)84)122-55-34(89)21(7-75)112-65(46(55)101)120-52-24(10-78)109-59(105)43(98)41(52)96/h18-67,73-81,85-105H,4-14H2,1-3H3,(H,70,82)(H,71,83)(H,72,84)(H,106,107)/t18-,19+,20+,21+,22+,23+,24+,25+,26+,27+,28+,29+,30+,31+,32+,33-,34-,35-,36-,37-,38+,39+,40-,41+,42+,43-,44+,45+,46+,47+,48+,49+,50+,51+,52+,53+,54+,55-,56-,57-,58-,59+,60+,61-,62+,63-,64-,65-,66-,67-,69-/m0/s1. The number of hydrogen-bond donors (Lipinski definition) is 34. The van der Waals surface area contributed by atoms with E-state index in [4.69, 9.17) is 90.0 Å². The van der Waals surface area contributed by atoms with Crippen LogP contribution in [0.15, 0.2) is 0 Å². The van der Waals surface area contributed by atoms with Gasteiger partial charge in [-0.15, -0.1) is 0 Å². The summed E-state index contributed by atoms with van der Waals surface area (Å²) in [7, 11) is 0. The monoisotopic (exact) mass is 1850 g/mol. The number of rotatable bonds is 34. The van der Waals surface area contributed by atoms with Crippen LogP contribution in [0.2, 0.25) is 0 Å². The molecule has 10 rings (SSSR count). The minimum Gasteiger partial charge on any atom is -0.477 e. The first-order valence-corrected chi connectivity index (χ1v) is 39.8. The van der Waals surface area contributed by atoms with Crippen LogP contribution in [0.25, 0.3) is 0 Å². The van der Waals surface area contributed by atoms with Gasteiger partial charge in [0.15, 0.2) is 56.6 Å². The zero-order valence-corrected chi connectivity index (χ0v) is 66.9. The van der Waals surface area contributed by atoms with Gasteiger partial charge in [-0.2, -0.15) is 0 Å². The van der Waals surface area contributed by atoms with Gasteiger partial charge in [0.25, 0.3) is 5.79 Å². The lowest BCUT2D eigenvalue weighted by molar-refractivity contribution is -0.399. The SMILES string of the molecule is CC(=O)N[C@H]1[C@H](OC[C@H]2O[C@@H](O[C@H]3[C@H](O)[C@@H](NC(C)=O)[C@H](O[C@H]4[C@@H](O)[C@@H](CO)O[C@@H](O[C@H]5[C@H](O)[C@H](O)[C@H](O)O[C@@H]5CO)[C@@H]4O)O[C@@H]3CO)[C@H](O)[C@@H](O[C@@H]3O[C@H](CO)[C@@H](O[C@@H]4O[C@H](CO)[C@H](O)[C@H](O[C@]5(C(=O)O)C[C@H](O)[C@@H](NC(C)=O)[C@H]([C@H](O)[C@H](O)CO)O5)[C@H]4O)[C@H](O)[C@H]3O)[C@H]2O)O[C@H](CO)[C@@H](O[C@@H]2O[C@H](CO)[C@H](O)[C@H](O[C@H]3O[C@H](CO)[C@H](O)[C@H](O)[C@H]3O)[C@H]2O)[C@@H]1O. The van der Waals surface area contributed by atoms with Gasteiger partial charge in [-0.1, -0.05) is 0 Å². The summed E-state index contributed by atoms with van der Waals surface area (Å²) >= 11 is 0. The van der Waals surface area contributed by atoms with E-state index in [0.717, 1.165) is 20.8 Å². The summed E-state index contributed by atoms with van der Waals surface area (Å²) in [6.45, 7) is -8.89. The van der Waals surface area contributed by atoms with E-state index < -0.39 is 409 Å². The number of nitrogens with one attached hydrogen (secondary N) is 3. The highest BCUT2D eigenvalue weighted by atomic mass is 16.8. The molecule has 0 aromatic rings. The summed E-state index contributed by atoms with van der Waals surface area (Å²) in [5.74, 6) is -8.38. The molecule has 0 aromatic carbocycles. The Morgan fingerprint density at radius 2 is 0.627 bits per heavy atom. The van der Waals surface area contributed by atoms with E-state index in [0.29, 0.717) is 0 Å². The molecule has 0 spiro atoms. The van der Waals surface area contributed by atoms with Crippen molar-refractivity contribution in [1.82, 2.24) is 16.0 Å². The lowest BCUT2D eigenvalue weighted by atomic mass is 9.88. The number of carbonyl (C=O) groups is 4. The van der Waals surface area contributed by atoms with Crippen LogP contribution in [0, 0.1) is 0 Å². The summed E-state index contributed by atoms with van der Waals surface area (Å²) in [6, 6.07) is -5.76. The maximum absolute atomic E-state index is 13.2. The quantitative estimate of drug-likeness (QED) is 0.0284. The van der Waals surface area contributed by atoms with Crippen LogP contribution in [-0.2, 0) is 109 Å². The molecule has 0 aromatic heterocycles. The van der Waals surface area contributed by atoms with Crippen molar-refractivity contribution in [3.8, 4) is 0 Å². The number of aliphatic hydroxyl groups excluding tert-OH is 30. The number of aliphatic carboxylic acids is 1. The summed E-state index contributed by atoms with van der Waals surface area (Å²) in [4.78, 5) is 51.6. The molecule has 730 valence electrons. The Kier molecular flexibility index (Phi) is 37.0. The second-order valence-electron chi connectivity index (χ2n) is 31.7. The minimum atomic E-state index is -3.32. The Morgan fingerprint density at radius 3 is 1.03 bits per heavy atom. The molecule has 3 amide bonds. The van der Waals surface area contributed by atoms with Gasteiger partial charge in [-0.25, -0.2) is 4.79 Å². The van der Waals surface area contributed by atoms with Crippen LogP contribution in [0.5, 0.6) is 0 Å². The van der Waals surface area contributed by atoms with Gasteiger partial charge in [-0.3, -0.25) is 14.4 Å². The first-order chi connectivity index (χ1) is 59.5. The second kappa shape index (κ2) is 44.8. The van der Waals surface area contributed by atoms with Crippen molar-refractivity contribution in [2.75, 3.05) is 66.1 Å². The lowest BCUT2D eigenvalue weighted by Crippen LogP contribution is -2.71. The van der Waals surface area contributed by atoms with Gasteiger partial charge in [0.05, 0.1) is 78.2 Å².